The average Bonchev–Trinajstić information content (AvgIpc) is 3.68. The van der Waals surface area contributed by atoms with Gasteiger partial charge in [-0.05, 0) is 49.4 Å². The zero-order valence-electron chi connectivity index (χ0n) is 23.3. The number of halogens is 6. The molecule has 1 saturated carbocycles. The van der Waals surface area contributed by atoms with Gasteiger partial charge in [-0.15, -0.1) is 0 Å². The molecule has 3 heterocycles. The number of carbonyl (C=O) groups is 2. The topological polar surface area (TPSA) is 115 Å². The lowest BCUT2D eigenvalue weighted by Crippen LogP contribution is -2.40. The van der Waals surface area contributed by atoms with Gasteiger partial charge in [-0.25, -0.2) is 22.9 Å². The second-order valence-electron chi connectivity index (χ2n) is 10.7. The number of hydrogen-bond acceptors (Lipinski definition) is 6. The molecule has 2 aromatic heterocycles. The predicted molar refractivity (Wildman–Crippen MR) is 139 cm³/mol. The third kappa shape index (κ3) is 6.28. The van der Waals surface area contributed by atoms with E-state index in [0.717, 1.165) is 11.0 Å². The molecule has 3 aromatic rings. The number of aromatic nitrogens is 3. The number of benzene rings is 1. The first-order chi connectivity index (χ1) is 20.3. The smallest absolute Gasteiger partial charge is 0.410 e. The Bertz CT molecular complexity index is 1480. The number of oxazole rings is 1. The standard InChI is InChI=1S/C27H30F6N6O4/c1-3-39-18(6-9-34-39)23(40)37-21(14-4-7-26(29,30)8-5-14)24-35-17-11-15(10-16(28)22(17)43-24)19(13-42-2)38-12-20(27(31,32)33)36-25(38)41/h6,9-11,14,19-21H,3-5,7-8,12-13H2,1-2H3,(H,36,41)(H,37,40). The van der Waals surface area contributed by atoms with E-state index in [4.69, 9.17) is 9.15 Å². The highest BCUT2D eigenvalue weighted by molar-refractivity contribution is 5.92. The van der Waals surface area contributed by atoms with Gasteiger partial charge >= 0.3 is 12.2 Å². The Morgan fingerprint density at radius 2 is 2.00 bits per heavy atom. The number of nitrogens with one attached hydrogen (secondary N) is 2. The molecule has 2 N–H and O–H groups in total. The molecule has 2 aliphatic rings. The fourth-order valence-electron chi connectivity index (χ4n) is 5.66. The Morgan fingerprint density at radius 3 is 2.63 bits per heavy atom. The van der Waals surface area contributed by atoms with Gasteiger partial charge in [0.25, 0.3) is 5.91 Å². The van der Waals surface area contributed by atoms with Crippen LogP contribution in [0.15, 0.2) is 28.8 Å². The molecule has 0 spiro atoms. The summed E-state index contributed by atoms with van der Waals surface area (Å²) in [5.74, 6) is -4.94. The molecule has 5 rings (SSSR count). The summed E-state index contributed by atoms with van der Waals surface area (Å²) in [6, 6.07) is -1.31. The van der Waals surface area contributed by atoms with Crippen molar-refractivity contribution in [1.29, 1.82) is 0 Å². The van der Waals surface area contributed by atoms with Crippen LogP contribution in [0.2, 0.25) is 0 Å². The van der Waals surface area contributed by atoms with Crippen molar-refractivity contribution in [3.63, 3.8) is 0 Å². The zero-order valence-corrected chi connectivity index (χ0v) is 23.3. The molecule has 1 saturated heterocycles. The minimum absolute atomic E-state index is 0.0305. The number of urea groups is 1. The maximum atomic E-state index is 15.4. The minimum atomic E-state index is -4.68. The first-order valence-electron chi connectivity index (χ1n) is 13.7. The molecule has 3 amide bonds. The summed E-state index contributed by atoms with van der Waals surface area (Å²) >= 11 is 0. The molecule has 3 atom stereocenters. The SMILES string of the molecule is CCn1nccc1C(=O)NC(c1nc2cc(C(COC)N3CC(C(F)(F)F)NC3=O)cc(F)c2o1)C1CCC(F)(F)CC1. The van der Waals surface area contributed by atoms with Crippen LogP contribution in [0, 0.1) is 11.7 Å². The van der Waals surface area contributed by atoms with Gasteiger partial charge in [-0.1, -0.05) is 0 Å². The van der Waals surface area contributed by atoms with Crippen molar-refractivity contribution in [3.8, 4) is 0 Å². The summed E-state index contributed by atoms with van der Waals surface area (Å²) in [4.78, 5) is 31.0. The van der Waals surface area contributed by atoms with Crippen molar-refractivity contribution in [2.75, 3.05) is 20.3 Å². The van der Waals surface area contributed by atoms with E-state index in [1.807, 2.05) is 5.32 Å². The minimum Gasteiger partial charge on any atom is -0.435 e. The van der Waals surface area contributed by atoms with Gasteiger partial charge in [0.05, 0.1) is 19.2 Å². The van der Waals surface area contributed by atoms with E-state index >= 15 is 4.39 Å². The average molecular weight is 617 g/mol. The molecule has 1 aromatic carbocycles. The van der Waals surface area contributed by atoms with Gasteiger partial charge in [0.2, 0.25) is 11.8 Å². The van der Waals surface area contributed by atoms with Gasteiger partial charge < -0.3 is 24.7 Å². The van der Waals surface area contributed by atoms with Crippen LogP contribution in [0.1, 0.15) is 66.6 Å². The maximum Gasteiger partial charge on any atom is 0.410 e. The van der Waals surface area contributed by atoms with Gasteiger partial charge in [-0.2, -0.15) is 18.3 Å². The Labute approximate surface area is 241 Å². The van der Waals surface area contributed by atoms with Crippen LogP contribution < -0.4 is 10.6 Å². The van der Waals surface area contributed by atoms with Crippen LogP contribution in [-0.2, 0) is 11.3 Å². The van der Waals surface area contributed by atoms with E-state index in [2.05, 4.69) is 15.4 Å². The highest BCUT2D eigenvalue weighted by Gasteiger charge is 2.49. The van der Waals surface area contributed by atoms with E-state index in [9.17, 15) is 31.5 Å². The second-order valence-corrected chi connectivity index (χ2v) is 10.7. The Morgan fingerprint density at radius 1 is 1.28 bits per heavy atom. The number of amides is 3. The lowest BCUT2D eigenvalue weighted by Gasteiger charge is -2.32. The number of alkyl halides is 5. The second kappa shape index (κ2) is 11.7. The van der Waals surface area contributed by atoms with E-state index in [1.54, 1.807) is 6.92 Å². The molecular formula is C27H30F6N6O4. The van der Waals surface area contributed by atoms with Crippen LogP contribution in [0.25, 0.3) is 11.1 Å². The number of fused-ring (bicyclic) bond motifs is 1. The number of aryl methyl sites for hydroxylation is 1. The lowest BCUT2D eigenvalue weighted by atomic mass is 9.82. The number of methoxy groups -OCH3 is 1. The summed E-state index contributed by atoms with van der Waals surface area (Å²) in [5.41, 5.74) is 0.00102. The molecule has 0 radical (unpaired) electrons. The predicted octanol–water partition coefficient (Wildman–Crippen LogP) is 5.12. The molecule has 10 nitrogen and oxygen atoms in total. The molecule has 16 heteroatoms. The Kier molecular flexibility index (Phi) is 8.33. The van der Waals surface area contributed by atoms with Gasteiger partial charge in [-0.3, -0.25) is 9.48 Å². The summed E-state index contributed by atoms with van der Waals surface area (Å²) in [5, 5.41) is 8.76. The van der Waals surface area contributed by atoms with Crippen LogP contribution in [0.5, 0.6) is 0 Å². The van der Waals surface area contributed by atoms with Crippen molar-refractivity contribution in [2.24, 2.45) is 5.92 Å². The van der Waals surface area contributed by atoms with E-state index in [1.165, 1.54) is 30.1 Å². The molecule has 3 unspecified atom stereocenters. The van der Waals surface area contributed by atoms with Crippen LogP contribution in [-0.4, -0.2) is 70.0 Å². The first-order valence-corrected chi connectivity index (χ1v) is 13.7. The van der Waals surface area contributed by atoms with Crippen LogP contribution >= 0.6 is 0 Å². The van der Waals surface area contributed by atoms with Crippen molar-refractivity contribution < 1.29 is 45.1 Å². The Balaban J connectivity index is 1.49. The highest BCUT2D eigenvalue weighted by Crippen LogP contribution is 2.42. The van der Waals surface area contributed by atoms with E-state index < -0.39 is 73.3 Å². The molecular weight excluding hydrogens is 586 g/mol. The zero-order chi connectivity index (χ0) is 31.1. The number of carbonyl (C=O) groups excluding carboxylic acids is 2. The first kappa shape index (κ1) is 30.6. The van der Waals surface area contributed by atoms with Crippen molar-refractivity contribution in [1.82, 2.24) is 30.3 Å². The fourth-order valence-corrected chi connectivity index (χ4v) is 5.66. The number of ether oxygens (including phenoxy) is 1. The van der Waals surface area contributed by atoms with E-state index in [-0.39, 0.29) is 47.7 Å². The van der Waals surface area contributed by atoms with Gasteiger partial charge in [0.1, 0.15) is 23.3 Å². The summed E-state index contributed by atoms with van der Waals surface area (Å²) in [6.07, 6.45) is -3.99. The van der Waals surface area contributed by atoms with Crippen molar-refractivity contribution in [2.45, 2.75) is 69.4 Å². The number of nitrogens with zero attached hydrogens (tertiary/aromatic N) is 4. The molecule has 1 aliphatic heterocycles. The maximum absolute atomic E-state index is 15.4. The molecule has 1 aliphatic carbocycles. The number of rotatable bonds is 9. The van der Waals surface area contributed by atoms with Crippen LogP contribution in [0.4, 0.5) is 31.1 Å². The third-order valence-corrected chi connectivity index (χ3v) is 7.94. The normalized spacial score (nSPS) is 20.8. The third-order valence-electron chi connectivity index (χ3n) is 7.94. The number of hydrogen-bond donors (Lipinski definition) is 2. The van der Waals surface area contributed by atoms with E-state index in [0.29, 0.717) is 6.54 Å². The molecule has 0 bridgehead atoms. The summed E-state index contributed by atoms with van der Waals surface area (Å²) in [7, 11) is 1.29. The quantitative estimate of drug-likeness (QED) is 0.323. The molecule has 234 valence electrons. The fraction of sp³-hybridized carbons (Fsp3) is 0.556. The monoisotopic (exact) mass is 616 g/mol. The van der Waals surface area contributed by atoms with Gasteiger partial charge in [0, 0.05) is 32.7 Å². The largest absolute Gasteiger partial charge is 0.435 e. The molecule has 43 heavy (non-hydrogen) atoms. The highest BCUT2D eigenvalue weighted by atomic mass is 19.4. The lowest BCUT2D eigenvalue weighted by molar-refractivity contribution is -0.150. The van der Waals surface area contributed by atoms with Crippen LogP contribution in [0.3, 0.4) is 0 Å². The molecule has 2 fully saturated rings. The van der Waals surface area contributed by atoms with Crippen molar-refractivity contribution >= 4 is 23.0 Å². The summed E-state index contributed by atoms with van der Waals surface area (Å²) < 4.78 is 95.6. The summed E-state index contributed by atoms with van der Waals surface area (Å²) in [6.45, 7) is 1.23. The Hall–Kier alpha value is -3.82. The van der Waals surface area contributed by atoms with Gasteiger partial charge in [0.15, 0.2) is 11.4 Å². The van der Waals surface area contributed by atoms with Crippen molar-refractivity contribution in [3.05, 3.63) is 47.4 Å².